The van der Waals surface area contributed by atoms with Gasteiger partial charge in [-0.3, -0.25) is 4.90 Å². The van der Waals surface area contributed by atoms with Crippen molar-refractivity contribution >= 4 is 6.09 Å². The SMILES string of the molecule is C/C=C/[C@H](OCOC)[C@@H](O)[C@H]([C@@H](C)OC(C)C)N(C(=O)OC(C)(C)C)C(C)C. The molecule has 0 aromatic heterocycles. The van der Waals surface area contributed by atoms with Crippen molar-refractivity contribution in [3.05, 3.63) is 12.2 Å². The van der Waals surface area contributed by atoms with Crippen LogP contribution in [0.15, 0.2) is 12.2 Å². The monoisotopic (exact) mass is 403 g/mol. The minimum atomic E-state index is -1.05. The number of allylic oxidation sites excluding steroid dienone is 1. The van der Waals surface area contributed by atoms with Crippen molar-refractivity contribution < 1.29 is 28.8 Å². The van der Waals surface area contributed by atoms with Crippen LogP contribution in [0.2, 0.25) is 0 Å². The number of hydrogen-bond donors (Lipinski definition) is 1. The maximum atomic E-state index is 13.0. The highest BCUT2D eigenvalue weighted by atomic mass is 16.7. The van der Waals surface area contributed by atoms with Crippen LogP contribution in [-0.2, 0) is 18.9 Å². The van der Waals surface area contributed by atoms with Gasteiger partial charge in [-0.15, -0.1) is 0 Å². The van der Waals surface area contributed by atoms with Crippen LogP contribution >= 0.6 is 0 Å². The van der Waals surface area contributed by atoms with E-state index >= 15 is 0 Å². The van der Waals surface area contributed by atoms with Gasteiger partial charge in [0.25, 0.3) is 0 Å². The smallest absolute Gasteiger partial charge is 0.410 e. The second kappa shape index (κ2) is 12.4. The zero-order valence-corrected chi connectivity index (χ0v) is 19.3. The van der Waals surface area contributed by atoms with E-state index in [4.69, 9.17) is 18.9 Å². The van der Waals surface area contributed by atoms with Gasteiger partial charge < -0.3 is 24.1 Å². The zero-order chi connectivity index (χ0) is 22.1. The molecule has 0 saturated heterocycles. The summed E-state index contributed by atoms with van der Waals surface area (Å²) < 4.78 is 22.2. The molecule has 0 aliphatic heterocycles. The van der Waals surface area contributed by atoms with Crippen LogP contribution in [0.25, 0.3) is 0 Å². The number of aliphatic hydroxyl groups excluding tert-OH is 1. The second-order valence-corrected chi connectivity index (χ2v) is 8.42. The second-order valence-electron chi connectivity index (χ2n) is 8.42. The van der Waals surface area contributed by atoms with Crippen LogP contribution in [-0.4, -0.2) is 72.1 Å². The van der Waals surface area contributed by atoms with Crippen molar-refractivity contribution in [1.82, 2.24) is 4.90 Å². The quantitative estimate of drug-likeness (QED) is 0.418. The average Bonchev–Trinajstić information content (AvgIpc) is 2.52. The Kier molecular flexibility index (Phi) is 11.9. The number of carbonyl (C=O) groups excluding carboxylic acids is 1. The van der Waals surface area contributed by atoms with Gasteiger partial charge in [0, 0.05) is 13.2 Å². The molecule has 0 aliphatic rings. The molecule has 0 aromatic rings. The molecule has 0 radical (unpaired) electrons. The predicted octanol–water partition coefficient (Wildman–Crippen LogP) is 3.74. The molecule has 0 bridgehead atoms. The topological polar surface area (TPSA) is 77.5 Å². The minimum absolute atomic E-state index is 0.0202. The van der Waals surface area contributed by atoms with Crippen LogP contribution in [0.5, 0.6) is 0 Å². The normalized spacial score (nSPS) is 17.0. The number of methoxy groups -OCH3 is 1. The first kappa shape index (κ1) is 26.9. The first-order chi connectivity index (χ1) is 12.9. The van der Waals surface area contributed by atoms with Crippen molar-refractivity contribution in [3.8, 4) is 0 Å². The lowest BCUT2D eigenvalue weighted by molar-refractivity contribution is -0.139. The molecule has 28 heavy (non-hydrogen) atoms. The van der Waals surface area contributed by atoms with E-state index in [0.29, 0.717) is 0 Å². The van der Waals surface area contributed by atoms with Gasteiger partial charge in [0.05, 0.1) is 18.2 Å². The number of ether oxygens (including phenoxy) is 4. The molecule has 0 rings (SSSR count). The number of hydrogen-bond acceptors (Lipinski definition) is 6. The van der Waals surface area contributed by atoms with Crippen molar-refractivity contribution in [2.75, 3.05) is 13.9 Å². The third-order valence-electron chi connectivity index (χ3n) is 3.90. The summed E-state index contributed by atoms with van der Waals surface area (Å²) >= 11 is 0. The van der Waals surface area contributed by atoms with Crippen molar-refractivity contribution in [1.29, 1.82) is 0 Å². The van der Waals surface area contributed by atoms with Crippen LogP contribution < -0.4 is 0 Å². The first-order valence-corrected chi connectivity index (χ1v) is 9.93. The molecule has 0 saturated carbocycles. The summed E-state index contributed by atoms with van der Waals surface area (Å²) in [7, 11) is 1.52. The summed E-state index contributed by atoms with van der Waals surface area (Å²) in [5.74, 6) is 0. The van der Waals surface area contributed by atoms with Crippen LogP contribution in [0.1, 0.15) is 62.3 Å². The highest BCUT2D eigenvalue weighted by Crippen LogP contribution is 2.24. The summed E-state index contributed by atoms with van der Waals surface area (Å²) in [5, 5.41) is 11.2. The maximum Gasteiger partial charge on any atom is 0.410 e. The van der Waals surface area contributed by atoms with Crippen LogP contribution in [0.3, 0.4) is 0 Å². The largest absolute Gasteiger partial charge is 0.444 e. The van der Waals surface area contributed by atoms with Gasteiger partial charge in [0.2, 0.25) is 0 Å². The summed E-state index contributed by atoms with van der Waals surface area (Å²) in [6, 6.07) is -0.906. The average molecular weight is 404 g/mol. The molecule has 7 heteroatoms. The van der Waals surface area contributed by atoms with Crippen molar-refractivity contribution in [2.45, 2.75) is 104 Å². The lowest BCUT2D eigenvalue weighted by atomic mass is 9.97. The fraction of sp³-hybridized carbons (Fsp3) is 0.857. The summed E-state index contributed by atoms with van der Waals surface area (Å²) in [4.78, 5) is 14.5. The lowest BCUT2D eigenvalue weighted by Gasteiger charge is -2.43. The molecule has 0 unspecified atom stereocenters. The molecule has 1 amide bonds. The van der Waals surface area contributed by atoms with Gasteiger partial charge in [-0.25, -0.2) is 4.79 Å². The molecule has 0 aromatic carbocycles. The number of amides is 1. The van der Waals surface area contributed by atoms with E-state index in [1.54, 1.807) is 12.2 Å². The standard InChI is InChI=1S/C21H41NO6/c1-11-12-17(26-13-25-10)19(23)18(16(6)27-15(4)5)22(14(2)3)20(24)28-21(7,8)9/h11-12,14-19,23H,13H2,1-10H3/b12-11+/t16-,17+,18+,19-/m1/s1. The Morgan fingerprint density at radius 1 is 1.14 bits per heavy atom. The Morgan fingerprint density at radius 3 is 2.11 bits per heavy atom. The number of nitrogens with zero attached hydrogens (tertiary/aromatic N) is 1. The fourth-order valence-electron chi connectivity index (χ4n) is 2.97. The zero-order valence-electron chi connectivity index (χ0n) is 19.3. The maximum absolute atomic E-state index is 13.0. The third-order valence-corrected chi connectivity index (χ3v) is 3.90. The molecular weight excluding hydrogens is 362 g/mol. The van der Waals surface area contributed by atoms with Gasteiger partial charge in [-0.05, 0) is 62.3 Å². The first-order valence-electron chi connectivity index (χ1n) is 9.93. The highest BCUT2D eigenvalue weighted by molar-refractivity contribution is 5.69. The number of rotatable bonds is 11. The fourth-order valence-corrected chi connectivity index (χ4v) is 2.97. The summed E-state index contributed by atoms with van der Waals surface area (Å²) in [6.07, 6.45) is 0.790. The van der Waals surface area contributed by atoms with E-state index in [1.807, 2.05) is 62.3 Å². The van der Waals surface area contributed by atoms with E-state index in [1.165, 1.54) is 12.0 Å². The van der Waals surface area contributed by atoms with Gasteiger partial charge in [0.15, 0.2) is 0 Å². The molecule has 0 aliphatic carbocycles. The Balaban J connectivity index is 5.99. The Labute approximate surface area is 171 Å². The predicted molar refractivity (Wildman–Crippen MR) is 110 cm³/mol. The van der Waals surface area contributed by atoms with Crippen molar-refractivity contribution in [2.24, 2.45) is 0 Å². The number of carbonyl (C=O) groups is 1. The summed E-state index contributed by atoms with van der Waals surface area (Å²) in [6.45, 7) is 16.7. The van der Waals surface area contributed by atoms with E-state index < -0.39 is 36.0 Å². The highest BCUT2D eigenvalue weighted by Gasteiger charge is 2.41. The molecule has 0 spiro atoms. The van der Waals surface area contributed by atoms with E-state index in [0.717, 1.165) is 0 Å². The van der Waals surface area contributed by atoms with Gasteiger partial charge in [0.1, 0.15) is 24.6 Å². The molecule has 4 atom stereocenters. The van der Waals surface area contributed by atoms with Gasteiger partial charge in [-0.2, -0.15) is 0 Å². The molecular formula is C21H41NO6. The molecule has 0 fully saturated rings. The van der Waals surface area contributed by atoms with Crippen molar-refractivity contribution in [3.63, 3.8) is 0 Å². The van der Waals surface area contributed by atoms with Crippen LogP contribution in [0, 0.1) is 0 Å². The molecule has 7 nitrogen and oxygen atoms in total. The summed E-state index contributed by atoms with van der Waals surface area (Å²) in [5.41, 5.74) is -0.656. The Morgan fingerprint density at radius 2 is 1.71 bits per heavy atom. The third kappa shape index (κ3) is 9.37. The van der Waals surface area contributed by atoms with E-state index in [9.17, 15) is 9.90 Å². The molecule has 1 N–H and O–H groups in total. The Bertz CT molecular complexity index is 472. The Hall–Kier alpha value is -1.15. The van der Waals surface area contributed by atoms with Gasteiger partial charge >= 0.3 is 6.09 Å². The van der Waals surface area contributed by atoms with Crippen LogP contribution in [0.4, 0.5) is 4.79 Å². The van der Waals surface area contributed by atoms with Gasteiger partial charge in [-0.1, -0.05) is 12.2 Å². The van der Waals surface area contributed by atoms with E-state index in [-0.39, 0.29) is 18.9 Å². The lowest BCUT2D eigenvalue weighted by Crippen LogP contribution is -2.60. The molecule has 0 heterocycles. The number of aliphatic hydroxyl groups is 1. The molecule has 166 valence electrons. The minimum Gasteiger partial charge on any atom is -0.444 e. The van der Waals surface area contributed by atoms with E-state index in [2.05, 4.69) is 0 Å².